The summed E-state index contributed by atoms with van der Waals surface area (Å²) in [7, 11) is 0. The van der Waals surface area contributed by atoms with Gasteiger partial charge in [-0.2, -0.15) is 4.37 Å². The van der Waals surface area contributed by atoms with Gasteiger partial charge in [-0.05, 0) is 20.6 Å². The quantitative estimate of drug-likeness (QED) is 0.787. The molecule has 1 saturated heterocycles. The Bertz CT molecular complexity index is 800. The van der Waals surface area contributed by atoms with Crippen molar-refractivity contribution in [3.8, 4) is 5.88 Å². The molecular formula is C13H24N4O3S. The van der Waals surface area contributed by atoms with Crippen LogP contribution in [0.15, 0.2) is 0 Å². The Hall–Kier alpha value is -0.960. The maximum absolute atomic E-state index is 10.3. The molecule has 1 aromatic rings. The van der Waals surface area contributed by atoms with Crippen LogP contribution < -0.4 is 15.0 Å². The molecule has 7 nitrogen and oxygen atoms in total. The second-order valence-corrected chi connectivity index (χ2v) is 4.89. The van der Waals surface area contributed by atoms with Crippen LogP contribution in [0.3, 0.4) is 0 Å². The van der Waals surface area contributed by atoms with Crippen LogP contribution in [0.1, 0.15) is 37.1 Å². The largest absolute Gasteiger partial charge is 0.472 e. The number of rotatable bonds is 6. The number of nitrogens with zero attached hydrogens (tertiary/aromatic N) is 3. The molecule has 2 heterocycles. The lowest BCUT2D eigenvalue weighted by molar-refractivity contribution is 0.0975. The summed E-state index contributed by atoms with van der Waals surface area (Å²) in [6, 6.07) is 0. The molecule has 1 atom stereocenters. The predicted octanol–water partition coefficient (Wildman–Crippen LogP) is 0.502. The minimum absolute atomic E-state index is 0.0633. The zero-order chi connectivity index (χ0) is 25.7. The van der Waals surface area contributed by atoms with Crippen LogP contribution >= 0.6 is 11.7 Å². The second-order valence-electron chi connectivity index (χ2n) is 4.36. The molecule has 0 unspecified atom stereocenters. The van der Waals surface area contributed by atoms with Crippen molar-refractivity contribution < 1.29 is 31.0 Å². The molecule has 0 bridgehead atoms. The fourth-order valence-electron chi connectivity index (χ4n) is 1.36. The van der Waals surface area contributed by atoms with E-state index in [1.165, 1.54) is 4.90 Å². The van der Waals surface area contributed by atoms with Crippen molar-refractivity contribution in [1.82, 2.24) is 14.1 Å². The summed E-state index contributed by atoms with van der Waals surface area (Å²) in [6.07, 6.45) is -2.06. The first-order chi connectivity index (χ1) is 14.6. The van der Waals surface area contributed by atoms with E-state index >= 15 is 0 Å². The molecule has 0 spiro atoms. The molecule has 0 radical (unpaired) electrons. The number of aromatic nitrogens is 2. The lowest BCUT2D eigenvalue weighted by Gasteiger charge is -2.27. The summed E-state index contributed by atoms with van der Waals surface area (Å²) >= 11 is 0.644. The van der Waals surface area contributed by atoms with Crippen LogP contribution in [0.4, 0.5) is 5.82 Å². The van der Waals surface area contributed by atoms with Crippen molar-refractivity contribution >= 4 is 17.5 Å². The number of β-amino-alcohol motifs (C(OH)–C–C–N with tert-alkyl or cyclic N) is 1. The van der Waals surface area contributed by atoms with Gasteiger partial charge < -0.3 is 24.8 Å². The van der Waals surface area contributed by atoms with E-state index in [-0.39, 0.29) is 11.7 Å². The Morgan fingerprint density at radius 1 is 1.62 bits per heavy atom. The number of aliphatic hydroxyl groups excluding tert-OH is 1. The van der Waals surface area contributed by atoms with Gasteiger partial charge in [0.2, 0.25) is 5.82 Å². The molecule has 120 valence electrons. The second kappa shape index (κ2) is 7.35. The van der Waals surface area contributed by atoms with E-state index < -0.39 is 64.7 Å². The van der Waals surface area contributed by atoms with Gasteiger partial charge in [-0.1, -0.05) is 0 Å². The fourth-order valence-corrected chi connectivity index (χ4v) is 1.88. The molecule has 1 fully saturated rings. The van der Waals surface area contributed by atoms with Crippen LogP contribution in [0, 0.1) is 0 Å². The van der Waals surface area contributed by atoms with Crippen molar-refractivity contribution in [1.29, 1.82) is 0 Å². The molecule has 0 aromatic carbocycles. The van der Waals surface area contributed by atoms with Gasteiger partial charge in [0.05, 0.1) is 30.3 Å². The first-order valence-electron chi connectivity index (χ1n) is 12.0. The summed E-state index contributed by atoms with van der Waals surface area (Å²) in [5.41, 5.74) is -2.69. The molecular weight excluding hydrogens is 292 g/mol. The summed E-state index contributed by atoms with van der Waals surface area (Å²) in [6.45, 7) is -14.7. The van der Waals surface area contributed by atoms with Crippen molar-refractivity contribution in [2.75, 3.05) is 44.2 Å². The van der Waals surface area contributed by atoms with E-state index in [1.54, 1.807) is 0 Å². The number of ether oxygens (including phenoxy) is 2. The molecule has 0 aliphatic carbocycles. The molecule has 1 aromatic heterocycles. The third-order valence-corrected chi connectivity index (χ3v) is 2.77. The standard InChI is InChI=1S/C13H24N4O3S/c1-13(2,3)14-8-10(18)9-20-12-11(15-21-16-12)17-4-6-19-7-5-17/h10,14,18H,4-9H2,1-3H3/t10-/m0/s1/i1D3,2D3,6D2,7D2,8D2. The van der Waals surface area contributed by atoms with E-state index in [0.717, 1.165) is 6.92 Å². The van der Waals surface area contributed by atoms with Gasteiger partial charge in [0, 0.05) is 36.1 Å². The Balaban J connectivity index is 2.15. The third kappa shape index (κ3) is 5.39. The summed E-state index contributed by atoms with van der Waals surface area (Å²) in [4.78, 5) is 1.18. The van der Waals surface area contributed by atoms with Gasteiger partial charge in [-0.15, -0.1) is 4.37 Å². The first-order valence-corrected chi connectivity index (χ1v) is 6.71. The highest BCUT2D eigenvalue weighted by Gasteiger charge is 2.21. The average molecular weight is 329 g/mol. The molecule has 21 heavy (non-hydrogen) atoms. The lowest BCUT2D eigenvalue weighted by Crippen LogP contribution is -2.42. The normalized spacial score (nSPS) is 33.0. The maximum atomic E-state index is 10.3. The molecule has 1 aliphatic rings. The number of hydrogen-bond acceptors (Lipinski definition) is 8. The lowest BCUT2D eigenvalue weighted by atomic mass is 10.1. The van der Waals surface area contributed by atoms with Gasteiger partial charge in [0.25, 0.3) is 5.88 Å². The Kier molecular flexibility index (Phi) is 2.33. The predicted molar refractivity (Wildman–Crippen MR) is 82.2 cm³/mol. The molecule has 2 rings (SSSR count). The zero-order valence-corrected chi connectivity index (χ0v) is 12.0. The highest BCUT2D eigenvalue weighted by atomic mass is 32.1. The van der Waals surface area contributed by atoms with Crippen molar-refractivity contribution in [2.24, 2.45) is 0 Å². The van der Waals surface area contributed by atoms with E-state index in [2.05, 4.69) is 8.75 Å². The number of morpholine rings is 1. The monoisotopic (exact) mass is 328 g/mol. The first kappa shape index (κ1) is 6.66. The maximum Gasteiger partial charge on any atom is 0.270 e. The fraction of sp³-hybridized carbons (Fsp3) is 0.846. The molecule has 0 amide bonds. The average Bonchev–Trinajstić information content (AvgIpc) is 3.03. The molecule has 0 saturated carbocycles. The topological polar surface area (TPSA) is 79.7 Å². The molecule has 1 aliphatic heterocycles. The van der Waals surface area contributed by atoms with Gasteiger partial charge >= 0.3 is 0 Å². The molecule has 2 N–H and O–H groups in total. The third-order valence-electron chi connectivity index (χ3n) is 2.26. The van der Waals surface area contributed by atoms with Gasteiger partial charge in [-0.25, -0.2) is 0 Å². The highest BCUT2D eigenvalue weighted by Crippen LogP contribution is 2.26. The van der Waals surface area contributed by atoms with Gasteiger partial charge in [-0.3, -0.25) is 0 Å². The van der Waals surface area contributed by atoms with Crippen LogP contribution in [-0.4, -0.2) is 64.8 Å². The molecule has 8 heteroatoms. The smallest absolute Gasteiger partial charge is 0.270 e. The zero-order valence-electron chi connectivity index (χ0n) is 23.2. The van der Waals surface area contributed by atoms with E-state index in [9.17, 15) is 5.11 Å². The summed E-state index contributed by atoms with van der Waals surface area (Å²) < 4.78 is 110. The van der Waals surface area contributed by atoms with Crippen LogP contribution in [0.25, 0.3) is 0 Å². The van der Waals surface area contributed by atoms with Crippen LogP contribution in [0.2, 0.25) is 0 Å². The van der Waals surface area contributed by atoms with Gasteiger partial charge in [0.1, 0.15) is 12.7 Å². The van der Waals surface area contributed by atoms with E-state index in [0.29, 0.717) is 11.7 Å². The summed E-state index contributed by atoms with van der Waals surface area (Å²) in [5, 5.41) is 12.2. The minimum atomic E-state index is -3.15. The number of anilines is 1. The van der Waals surface area contributed by atoms with Crippen LogP contribution in [-0.2, 0) is 4.74 Å². The van der Waals surface area contributed by atoms with Crippen LogP contribution in [0.5, 0.6) is 5.88 Å². The number of nitrogens with one attached hydrogen (secondary N) is 1. The minimum Gasteiger partial charge on any atom is -0.472 e. The SMILES string of the molecule is [2H]C1([2H])CN(c2nsnc2OC[C@@H](O)C([2H])([2H])NC(C)(C([2H])([2H])[2H])C([2H])([2H])[2H])CC([2H])([2H])O1. The summed E-state index contributed by atoms with van der Waals surface area (Å²) in [5.74, 6) is -0.315. The van der Waals surface area contributed by atoms with Crippen molar-refractivity contribution in [3.63, 3.8) is 0 Å². The number of hydrogen-bond donors (Lipinski definition) is 2. The number of aliphatic hydroxyl groups is 1. The Labute approximate surface area is 146 Å². The van der Waals surface area contributed by atoms with E-state index in [1.807, 2.05) is 5.32 Å². The van der Waals surface area contributed by atoms with Crippen molar-refractivity contribution in [3.05, 3.63) is 0 Å². The Morgan fingerprint density at radius 2 is 2.38 bits per heavy atom. The van der Waals surface area contributed by atoms with Crippen molar-refractivity contribution in [2.45, 2.75) is 32.3 Å². The van der Waals surface area contributed by atoms with Gasteiger partial charge in [0.15, 0.2) is 0 Å². The highest BCUT2D eigenvalue weighted by molar-refractivity contribution is 6.99. The van der Waals surface area contributed by atoms with E-state index in [4.69, 9.17) is 25.9 Å². The Morgan fingerprint density at radius 3 is 3.10 bits per heavy atom.